The van der Waals surface area contributed by atoms with Crippen molar-refractivity contribution >= 4 is 38.6 Å². The van der Waals surface area contributed by atoms with E-state index >= 15 is 0 Å². The molecule has 0 amide bonds. The van der Waals surface area contributed by atoms with Gasteiger partial charge in [0.15, 0.2) is 0 Å². The standard InChI is InChI=1S/C25H22ClN5O2S/c1-15(2)34(32,33)31-21-14-17(12-13-20(21)28-25(31)27)23-22(16-8-4-3-5-9-16)29-24(30-23)18-10-6-7-11-19(18)26/h3-15H,1-2H3,(H2,27,28)(H,29,30). The van der Waals surface area contributed by atoms with E-state index in [1.807, 2.05) is 60.7 Å². The summed E-state index contributed by atoms with van der Waals surface area (Å²) >= 11 is 6.44. The van der Waals surface area contributed by atoms with Crippen molar-refractivity contribution in [2.24, 2.45) is 0 Å². The molecular formula is C25H22ClN5O2S. The molecule has 0 fully saturated rings. The Labute approximate surface area is 202 Å². The van der Waals surface area contributed by atoms with Gasteiger partial charge in [0.2, 0.25) is 16.0 Å². The zero-order chi connectivity index (χ0) is 24.0. The lowest BCUT2D eigenvalue weighted by Crippen LogP contribution is -2.23. The fourth-order valence-corrected chi connectivity index (χ4v) is 5.24. The molecule has 3 aromatic carbocycles. The molecule has 0 aliphatic rings. The Hall–Kier alpha value is -3.62. The van der Waals surface area contributed by atoms with Gasteiger partial charge in [0.1, 0.15) is 5.82 Å². The van der Waals surface area contributed by atoms with Gasteiger partial charge in [-0.1, -0.05) is 60.1 Å². The predicted octanol–water partition coefficient (Wildman–Crippen LogP) is 5.58. The SMILES string of the molecule is CC(C)S(=O)(=O)n1c(N)nc2ccc(-c3nc(-c4ccccc4Cl)[nH]c3-c3ccccc3)cc21. The highest BCUT2D eigenvalue weighted by atomic mass is 35.5. The molecule has 34 heavy (non-hydrogen) atoms. The average molecular weight is 492 g/mol. The summed E-state index contributed by atoms with van der Waals surface area (Å²) in [5.41, 5.74) is 10.8. The number of H-pyrrole nitrogens is 1. The molecule has 3 N–H and O–H groups in total. The summed E-state index contributed by atoms with van der Waals surface area (Å²) in [7, 11) is -3.71. The van der Waals surface area contributed by atoms with E-state index in [4.69, 9.17) is 22.3 Å². The van der Waals surface area contributed by atoms with Crippen LogP contribution in [0.25, 0.3) is 44.9 Å². The Kier molecular flexibility index (Phi) is 5.42. The van der Waals surface area contributed by atoms with Crippen molar-refractivity contribution in [2.75, 3.05) is 5.73 Å². The van der Waals surface area contributed by atoms with E-state index in [9.17, 15) is 8.42 Å². The van der Waals surface area contributed by atoms with Crippen LogP contribution in [0.2, 0.25) is 5.02 Å². The van der Waals surface area contributed by atoms with Gasteiger partial charge in [-0.3, -0.25) is 0 Å². The minimum Gasteiger partial charge on any atom is -0.368 e. The smallest absolute Gasteiger partial charge is 0.244 e. The zero-order valence-corrected chi connectivity index (χ0v) is 20.1. The number of fused-ring (bicyclic) bond motifs is 1. The van der Waals surface area contributed by atoms with Crippen LogP contribution < -0.4 is 5.73 Å². The summed E-state index contributed by atoms with van der Waals surface area (Å²) in [4.78, 5) is 12.5. The third kappa shape index (κ3) is 3.65. The molecule has 2 heterocycles. The van der Waals surface area contributed by atoms with Gasteiger partial charge in [0, 0.05) is 16.7 Å². The summed E-state index contributed by atoms with van der Waals surface area (Å²) in [6.07, 6.45) is 0. The molecule has 0 atom stereocenters. The first-order chi connectivity index (χ1) is 16.3. The van der Waals surface area contributed by atoms with E-state index in [-0.39, 0.29) is 5.95 Å². The molecule has 5 rings (SSSR count). The second kappa shape index (κ2) is 8.30. The van der Waals surface area contributed by atoms with Gasteiger partial charge in [-0.2, -0.15) is 0 Å². The Morgan fingerprint density at radius 2 is 1.65 bits per heavy atom. The van der Waals surface area contributed by atoms with Crippen molar-refractivity contribution in [1.82, 2.24) is 18.9 Å². The maximum absolute atomic E-state index is 13.0. The van der Waals surface area contributed by atoms with E-state index in [2.05, 4.69) is 9.97 Å². The second-order valence-electron chi connectivity index (χ2n) is 8.19. The average Bonchev–Trinajstić information content (AvgIpc) is 3.40. The molecule has 0 aliphatic carbocycles. The molecule has 0 radical (unpaired) electrons. The first-order valence-corrected chi connectivity index (χ1v) is 12.6. The van der Waals surface area contributed by atoms with Gasteiger partial charge in [-0.05, 0) is 38.1 Å². The predicted molar refractivity (Wildman–Crippen MR) is 137 cm³/mol. The number of hydrogen-bond donors (Lipinski definition) is 2. The summed E-state index contributed by atoms with van der Waals surface area (Å²) in [5.74, 6) is 0.547. The fourth-order valence-electron chi connectivity index (χ4n) is 3.88. The van der Waals surface area contributed by atoms with Crippen LogP contribution in [0.3, 0.4) is 0 Å². The van der Waals surface area contributed by atoms with Crippen molar-refractivity contribution in [1.29, 1.82) is 0 Å². The molecule has 0 unspecified atom stereocenters. The number of nitrogen functional groups attached to an aromatic ring is 1. The number of aromatic nitrogens is 4. The molecule has 9 heteroatoms. The van der Waals surface area contributed by atoms with Gasteiger partial charge in [-0.15, -0.1) is 0 Å². The van der Waals surface area contributed by atoms with E-state index in [0.717, 1.165) is 26.4 Å². The number of aromatic amines is 1. The van der Waals surface area contributed by atoms with E-state index in [0.29, 0.717) is 27.6 Å². The fraction of sp³-hybridized carbons (Fsp3) is 0.120. The van der Waals surface area contributed by atoms with Crippen molar-refractivity contribution < 1.29 is 8.42 Å². The molecule has 5 aromatic rings. The third-order valence-electron chi connectivity index (χ3n) is 5.66. The minimum atomic E-state index is -3.71. The lowest BCUT2D eigenvalue weighted by molar-refractivity contribution is 0.580. The Morgan fingerprint density at radius 3 is 2.35 bits per heavy atom. The van der Waals surface area contributed by atoms with E-state index in [1.165, 1.54) is 0 Å². The summed E-state index contributed by atoms with van der Waals surface area (Å²) in [6.45, 7) is 3.23. The summed E-state index contributed by atoms with van der Waals surface area (Å²) < 4.78 is 27.1. The number of nitrogens with two attached hydrogens (primary N) is 1. The van der Waals surface area contributed by atoms with Gasteiger partial charge in [0.05, 0.1) is 32.7 Å². The first-order valence-electron chi connectivity index (χ1n) is 10.7. The number of imidazole rings is 2. The molecule has 172 valence electrons. The number of hydrogen-bond acceptors (Lipinski definition) is 5. The number of halogens is 1. The number of benzene rings is 3. The molecular weight excluding hydrogens is 470 g/mol. The normalized spacial score (nSPS) is 12.0. The highest BCUT2D eigenvalue weighted by Crippen LogP contribution is 2.36. The topological polar surface area (TPSA) is 107 Å². The molecule has 0 spiro atoms. The minimum absolute atomic E-state index is 0.0667. The Balaban J connectivity index is 1.76. The third-order valence-corrected chi connectivity index (χ3v) is 8.07. The van der Waals surface area contributed by atoms with Crippen LogP contribution in [-0.2, 0) is 10.0 Å². The summed E-state index contributed by atoms with van der Waals surface area (Å²) in [5, 5.41) is -0.0836. The molecule has 2 aromatic heterocycles. The monoisotopic (exact) mass is 491 g/mol. The number of nitrogens with zero attached hydrogens (tertiary/aromatic N) is 3. The van der Waals surface area contributed by atoms with Crippen LogP contribution in [0.15, 0.2) is 72.8 Å². The van der Waals surface area contributed by atoms with Crippen molar-refractivity contribution in [2.45, 2.75) is 19.1 Å². The zero-order valence-electron chi connectivity index (χ0n) is 18.5. The van der Waals surface area contributed by atoms with Crippen LogP contribution in [-0.4, -0.2) is 32.6 Å². The number of rotatable bonds is 5. The van der Waals surface area contributed by atoms with Gasteiger partial charge >= 0.3 is 0 Å². The van der Waals surface area contributed by atoms with Gasteiger partial charge in [-0.25, -0.2) is 22.4 Å². The summed E-state index contributed by atoms with van der Waals surface area (Å²) in [6, 6.07) is 22.7. The molecule has 7 nitrogen and oxygen atoms in total. The maximum atomic E-state index is 13.0. The maximum Gasteiger partial charge on any atom is 0.244 e. The van der Waals surface area contributed by atoms with E-state index < -0.39 is 15.3 Å². The van der Waals surface area contributed by atoms with Gasteiger partial charge < -0.3 is 10.7 Å². The largest absolute Gasteiger partial charge is 0.368 e. The van der Waals surface area contributed by atoms with Crippen molar-refractivity contribution in [3.63, 3.8) is 0 Å². The van der Waals surface area contributed by atoms with Crippen LogP contribution in [0.5, 0.6) is 0 Å². The number of nitrogens with one attached hydrogen (secondary N) is 1. The Morgan fingerprint density at radius 1 is 0.941 bits per heavy atom. The Bertz CT molecular complexity index is 1620. The van der Waals surface area contributed by atoms with Crippen LogP contribution in [0.4, 0.5) is 5.95 Å². The number of anilines is 1. The highest BCUT2D eigenvalue weighted by molar-refractivity contribution is 7.90. The molecule has 0 saturated carbocycles. The lowest BCUT2D eigenvalue weighted by Gasteiger charge is -2.11. The van der Waals surface area contributed by atoms with E-state index in [1.54, 1.807) is 26.0 Å². The molecule has 0 saturated heterocycles. The lowest BCUT2D eigenvalue weighted by atomic mass is 10.0. The van der Waals surface area contributed by atoms with Crippen LogP contribution in [0.1, 0.15) is 13.8 Å². The van der Waals surface area contributed by atoms with Crippen molar-refractivity contribution in [3.8, 4) is 33.9 Å². The molecule has 0 aliphatic heterocycles. The highest BCUT2D eigenvalue weighted by Gasteiger charge is 2.25. The quantitative estimate of drug-likeness (QED) is 0.333. The van der Waals surface area contributed by atoms with Gasteiger partial charge in [0.25, 0.3) is 0 Å². The van der Waals surface area contributed by atoms with Crippen molar-refractivity contribution in [3.05, 3.63) is 77.8 Å². The van der Waals surface area contributed by atoms with Crippen LogP contribution >= 0.6 is 11.6 Å². The second-order valence-corrected chi connectivity index (χ2v) is 10.9. The van der Waals surface area contributed by atoms with Crippen LogP contribution in [0, 0.1) is 0 Å². The molecule has 0 bridgehead atoms. The first kappa shape index (κ1) is 22.2.